The zero-order valence-electron chi connectivity index (χ0n) is 17.1. The summed E-state index contributed by atoms with van der Waals surface area (Å²) in [7, 11) is -3.86. The number of hydrogen-bond acceptors (Lipinski definition) is 4. The molecule has 0 aliphatic heterocycles. The first-order valence-electron chi connectivity index (χ1n) is 9.62. The van der Waals surface area contributed by atoms with Crippen molar-refractivity contribution in [3.05, 3.63) is 106 Å². The molecular weight excluding hydrogens is 469 g/mol. The summed E-state index contributed by atoms with van der Waals surface area (Å²) < 4.78 is 40.8. The van der Waals surface area contributed by atoms with Crippen LogP contribution in [0.3, 0.4) is 0 Å². The Bertz CT molecular complexity index is 1300. The van der Waals surface area contributed by atoms with Gasteiger partial charge in [-0.05, 0) is 47.5 Å². The van der Waals surface area contributed by atoms with Crippen LogP contribution in [-0.2, 0) is 21.4 Å². The number of hydrazine groups is 1. The molecular formula is C23H19ClFN3O4S. The maximum absolute atomic E-state index is 13.2. The van der Waals surface area contributed by atoms with Crippen molar-refractivity contribution >= 4 is 39.5 Å². The zero-order chi connectivity index (χ0) is 23.8. The monoisotopic (exact) mass is 487 g/mol. The van der Waals surface area contributed by atoms with E-state index < -0.39 is 27.7 Å². The average Bonchev–Trinajstić information content (AvgIpc) is 2.82. The van der Waals surface area contributed by atoms with Crippen LogP contribution < -0.4 is 15.6 Å². The van der Waals surface area contributed by atoms with Crippen molar-refractivity contribution in [1.29, 1.82) is 0 Å². The summed E-state index contributed by atoms with van der Waals surface area (Å²) in [5.41, 5.74) is 5.70. The van der Waals surface area contributed by atoms with Crippen molar-refractivity contribution < 1.29 is 22.4 Å². The molecule has 10 heteroatoms. The molecule has 0 saturated carbocycles. The Morgan fingerprint density at radius 2 is 1.70 bits per heavy atom. The molecule has 7 nitrogen and oxygen atoms in total. The highest BCUT2D eigenvalue weighted by atomic mass is 35.5. The van der Waals surface area contributed by atoms with Gasteiger partial charge in [-0.2, -0.15) is 0 Å². The Balaban J connectivity index is 1.59. The first kappa shape index (κ1) is 24.1. The molecule has 0 radical (unpaired) electrons. The third kappa shape index (κ3) is 6.98. The summed E-state index contributed by atoms with van der Waals surface area (Å²) in [6.07, 6.45) is 2.51. The highest BCUT2D eigenvalue weighted by Gasteiger charge is 2.16. The first-order valence-corrected chi connectivity index (χ1v) is 11.5. The predicted molar refractivity (Wildman–Crippen MR) is 123 cm³/mol. The van der Waals surface area contributed by atoms with E-state index in [-0.39, 0.29) is 22.0 Å². The SMILES string of the molecule is O=C(/C=C/c1ccc(F)c(Cl)c1)NNC(=O)c1cccc(S(=O)(=O)NCc2ccccc2)c1. The fourth-order valence-corrected chi connectivity index (χ4v) is 3.93. The van der Waals surface area contributed by atoms with Crippen molar-refractivity contribution in [3.63, 3.8) is 0 Å². The van der Waals surface area contributed by atoms with Gasteiger partial charge in [0.1, 0.15) is 5.82 Å². The molecule has 3 N–H and O–H groups in total. The maximum atomic E-state index is 13.2. The molecule has 3 rings (SSSR count). The maximum Gasteiger partial charge on any atom is 0.269 e. The van der Waals surface area contributed by atoms with Crippen LogP contribution in [0.25, 0.3) is 6.08 Å². The van der Waals surface area contributed by atoms with Crippen LogP contribution >= 0.6 is 11.6 Å². The molecule has 33 heavy (non-hydrogen) atoms. The van der Waals surface area contributed by atoms with Crippen LogP contribution in [0.15, 0.2) is 83.8 Å². The van der Waals surface area contributed by atoms with E-state index >= 15 is 0 Å². The summed E-state index contributed by atoms with van der Waals surface area (Å²) in [6.45, 7) is 0.0985. The number of sulfonamides is 1. The van der Waals surface area contributed by atoms with E-state index in [0.717, 1.165) is 17.7 Å². The molecule has 0 heterocycles. The van der Waals surface area contributed by atoms with Crippen molar-refractivity contribution in [1.82, 2.24) is 15.6 Å². The Hall–Kier alpha value is -3.53. The van der Waals surface area contributed by atoms with Crippen LogP contribution in [-0.4, -0.2) is 20.2 Å². The smallest absolute Gasteiger partial charge is 0.268 e. The fourth-order valence-electron chi connectivity index (χ4n) is 2.68. The van der Waals surface area contributed by atoms with Crippen LogP contribution in [0.5, 0.6) is 0 Å². The number of carbonyl (C=O) groups excluding carboxylic acids is 2. The Morgan fingerprint density at radius 3 is 2.42 bits per heavy atom. The number of nitrogens with one attached hydrogen (secondary N) is 3. The van der Waals surface area contributed by atoms with Crippen molar-refractivity contribution in [2.75, 3.05) is 0 Å². The van der Waals surface area contributed by atoms with Crippen LogP contribution in [0.1, 0.15) is 21.5 Å². The van der Waals surface area contributed by atoms with Gasteiger partial charge in [0.2, 0.25) is 10.0 Å². The second kappa shape index (κ2) is 10.9. The summed E-state index contributed by atoms with van der Waals surface area (Å²) >= 11 is 5.68. The second-order valence-electron chi connectivity index (χ2n) is 6.79. The van der Waals surface area contributed by atoms with Gasteiger partial charge in [0.15, 0.2) is 0 Å². The highest BCUT2D eigenvalue weighted by molar-refractivity contribution is 7.89. The molecule has 0 aliphatic rings. The van der Waals surface area contributed by atoms with Gasteiger partial charge >= 0.3 is 0 Å². The number of halogens is 2. The lowest BCUT2D eigenvalue weighted by atomic mass is 10.2. The summed E-state index contributed by atoms with van der Waals surface area (Å²) in [4.78, 5) is 24.2. The Kier molecular flexibility index (Phi) is 7.94. The zero-order valence-corrected chi connectivity index (χ0v) is 18.7. The number of benzene rings is 3. The van der Waals surface area contributed by atoms with Crippen LogP contribution in [0.2, 0.25) is 5.02 Å². The van der Waals surface area contributed by atoms with Gasteiger partial charge in [-0.25, -0.2) is 17.5 Å². The number of hydrogen-bond donors (Lipinski definition) is 3. The third-order valence-corrected chi connectivity index (χ3v) is 6.07. The number of carbonyl (C=O) groups is 2. The summed E-state index contributed by atoms with van der Waals surface area (Å²) in [5.74, 6) is -1.94. The lowest BCUT2D eigenvalue weighted by Gasteiger charge is -2.09. The standard InChI is InChI=1S/C23H19ClFN3O4S/c24-20-13-16(9-11-21(20)25)10-12-22(29)27-28-23(30)18-7-4-8-19(14-18)33(31,32)26-15-17-5-2-1-3-6-17/h1-14,26H,15H2,(H,27,29)(H,28,30)/b12-10+. The molecule has 0 aromatic heterocycles. The highest BCUT2D eigenvalue weighted by Crippen LogP contribution is 2.17. The van der Waals surface area contributed by atoms with Gasteiger partial charge in [0.25, 0.3) is 11.8 Å². The molecule has 3 aromatic rings. The molecule has 3 aromatic carbocycles. The number of rotatable bonds is 7. The minimum absolute atomic E-state index is 0.0344. The van der Waals surface area contributed by atoms with Gasteiger partial charge in [-0.15, -0.1) is 0 Å². The second-order valence-corrected chi connectivity index (χ2v) is 8.96. The summed E-state index contributed by atoms with van der Waals surface area (Å²) in [5, 5.41) is -0.0843. The normalized spacial score (nSPS) is 11.3. The molecule has 0 spiro atoms. The van der Waals surface area contributed by atoms with E-state index in [1.54, 1.807) is 24.3 Å². The predicted octanol–water partition coefficient (Wildman–Crippen LogP) is 3.43. The lowest BCUT2D eigenvalue weighted by molar-refractivity contribution is -0.117. The molecule has 0 atom stereocenters. The van der Waals surface area contributed by atoms with Crippen molar-refractivity contribution in [2.24, 2.45) is 0 Å². The summed E-state index contributed by atoms with van der Waals surface area (Å²) in [6, 6.07) is 18.3. The van der Waals surface area contributed by atoms with Crippen molar-refractivity contribution in [3.8, 4) is 0 Å². The minimum atomic E-state index is -3.86. The van der Waals surface area contributed by atoms with E-state index in [2.05, 4.69) is 15.6 Å². The quantitative estimate of drug-likeness (QED) is 0.351. The molecule has 2 amide bonds. The van der Waals surface area contributed by atoms with Gasteiger partial charge in [-0.1, -0.05) is 54.1 Å². The van der Waals surface area contributed by atoms with E-state index in [0.29, 0.717) is 5.56 Å². The van der Waals surface area contributed by atoms with Gasteiger partial charge < -0.3 is 0 Å². The lowest BCUT2D eigenvalue weighted by Crippen LogP contribution is -2.40. The minimum Gasteiger partial charge on any atom is -0.268 e. The Morgan fingerprint density at radius 1 is 0.939 bits per heavy atom. The first-order chi connectivity index (χ1) is 15.7. The van der Waals surface area contributed by atoms with Crippen molar-refractivity contribution in [2.45, 2.75) is 11.4 Å². The molecule has 0 fully saturated rings. The molecule has 0 saturated heterocycles. The van der Waals surface area contributed by atoms with E-state index in [9.17, 15) is 22.4 Å². The largest absolute Gasteiger partial charge is 0.269 e. The molecule has 0 aliphatic carbocycles. The Labute approximate surface area is 195 Å². The topological polar surface area (TPSA) is 104 Å². The van der Waals surface area contributed by atoms with Crippen LogP contribution in [0.4, 0.5) is 4.39 Å². The third-order valence-electron chi connectivity index (χ3n) is 4.39. The van der Waals surface area contributed by atoms with Gasteiger partial charge in [0.05, 0.1) is 9.92 Å². The van der Waals surface area contributed by atoms with E-state index in [1.165, 1.54) is 42.5 Å². The fraction of sp³-hybridized carbons (Fsp3) is 0.0435. The average molecular weight is 488 g/mol. The molecule has 170 valence electrons. The number of amides is 2. The van der Waals surface area contributed by atoms with Crippen LogP contribution in [0, 0.1) is 5.82 Å². The van der Waals surface area contributed by atoms with Gasteiger partial charge in [-0.3, -0.25) is 20.4 Å². The molecule has 0 bridgehead atoms. The van der Waals surface area contributed by atoms with Gasteiger partial charge in [0, 0.05) is 18.2 Å². The molecule has 0 unspecified atom stereocenters. The van der Waals surface area contributed by atoms with E-state index in [4.69, 9.17) is 11.6 Å². The van der Waals surface area contributed by atoms with E-state index in [1.807, 2.05) is 6.07 Å².